The van der Waals surface area contributed by atoms with E-state index in [-0.39, 0.29) is 6.54 Å². The third kappa shape index (κ3) is 4.33. The number of carboxylic acids is 1. The molecule has 1 aromatic carbocycles. The predicted octanol–water partition coefficient (Wildman–Crippen LogP) is 2.62. The van der Waals surface area contributed by atoms with E-state index in [1.54, 1.807) is 12.4 Å². The van der Waals surface area contributed by atoms with Crippen molar-refractivity contribution in [1.82, 2.24) is 14.7 Å². The number of nitrogens with zero attached hydrogens (tertiary/aromatic N) is 3. The van der Waals surface area contributed by atoms with Gasteiger partial charge in [-0.15, -0.1) is 0 Å². The minimum Gasteiger partial charge on any atom is -0.478 e. The van der Waals surface area contributed by atoms with Crippen LogP contribution in [0.25, 0.3) is 0 Å². The van der Waals surface area contributed by atoms with E-state index in [0.717, 1.165) is 49.8 Å². The second-order valence-electron chi connectivity index (χ2n) is 8.40. The van der Waals surface area contributed by atoms with E-state index in [9.17, 15) is 14.7 Å². The number of carboxylic acid groups (broad SMARTS) is 1. The summed E-state index contributed by atoms with van der Waals surface area (Å²) >= 11 is 0. The van der Waals surface area contributed by atoms with Crippen molar-refractivity contribution in [2.75, 3.05) is 19.4 Å². The molecule has 0 saturated carbocycles. The van der Waals surface area contributed by atoms with Gasteiger partial charge in [-0.2, -0.15) is 5.10 Å². The summed E-state index contributed by atoms with van der Waals surface area (Å²) in [5, 5.41) is 16.6. The lowest BCUT2D eigenvalue weighted by molar-refractivity contribution is -0.147. The number of hydrogen-bond acceptors (Lipinski definition) is 5. The first-order chi connectivity index (χ1) is 14.4. The van der Waals surface area contributed by atoms with Gasteiger partial charge in [0.1, 0.15) is 0 Å². The Morgan fingerprint density at radius 2 is 1.87 bits per heavy atom. The lowest BCUT2D eigenvalue weighted by Crippen LogP contribution is -2.33. The van der Waals surface area contributed by atoms with Gasteiger partial charge in [-0.05, 0) is 74.9 Å². The number of anilines is 1. The zero-order valence-corrected chi connectivity index (χ0v) is 17.5. The van der Waals surface area contributed by atoms with Gasteiger partial charge >= 0.3 is 12.1 Å². The Morgan fingerprint density at radius 1 is 1.20 bits per heavy atom. The van der Waals surface area contributed by atoms with Gasteiger partial charge in [-0.3, -0.25) is 10.00 Å². The largest absolute Gasteiger partial charge is 0.478 e. The molecule has 2 N–H and O–H groups in total. The van der Waals surface area contributed by atoms with Crippen LogP contribution in [0.2, 0.25) is 0 Å². The Labute approximate surface area is 175 Å². The molecule has 2 aromatic rings. The Hall–Kier alpha value is -2.87. The molecule has 1 aromatic heterocycles. The topological polar surface area (TPSA) is 96.7 Å². The number of rotatable bonds is 7. The van der Waals surface area contributed by atoms with E-state index in [1.165, 1.54) is 26.9 Å². The predicted molar refractivity (Wildman–Crippen MR) is 112 cm³/mol. The minimum absolute atomic E-state index is 0.0405. The van der Waals surface area contributed by atoms with E-state index in [2.05, 4.69) is 16.5 Å². The van der Waals surface area contributed by atoms with E-state index < -0.39 is 18.2 Å². The number of fused-ring (bicyclic) bond motifs is 2. The minimum atomic E-state index is -1.32. The van der Waals surface area contributed by atoms with Crippen molar-refractivity contribution in [2.24, 2.45) is 0 Å². The Balaban J connectivity index is 1.46. The highest BCUT2D eigenvalue weighted by atomic mass is 16.6. The number of benzene rings is 1. The molecular weight excluding hydrogens is 384 g/mol. The van der Waals surface area contributed by atoms with Crippen molar-refractivity contribution in [3.63, 3.8) is 0 Å². The summed E-state index contributed by atoms with van der Waals surface area (Å²) in [6, 6.07) is 2.28. The zero-order chi connectivity index (χ0) is 21.3. The first-order valence-corrected chi connectivity index (χ1v) is 10.4. The van der Waals surface area contributed by atoms with Crippen LogP contribution in [0.1, 0.15) is 40.7 Å². The van der Waals surface area contributed by atoms with Gasteiger partial charge in [-0.1, -0.05) is 6.07 Å². The van der Waals surface area contributed by atoms with Crippen LogP contribution in [0.5, 0.6) is 0 Å². The SMILES string of the molecule is CN(C)Cc1cnn(CC(OC(=O)Nc2c3c(cc4c2CCC4)CCC3)C(=O)O)c1. The van der Waals surface area contributed by atoms with Crippen molar-refractivity contribution < 1.29 is 19.4 Å². The van der Waals surface area contributed by atoms with Crippen LogP contribution in [0.3, 0.4) is 0 Å². The second kappa shape index (κ2) is 8.47. The lowest BCUT2D eigenvalue weighted by atomic mass is 9.99. The maximum atomic E-state index is 12.6. The van der Waals surface area contributed by atoms with Crippen molar-refractivity contribution in [3.8, 4) is 0 Å². The third-order valence-electron chi connectivity index (χ3n) is 5.76. The summed E-state index contributed by atoms with van der Waals surface area (Å²) in [7, 11) is 3.89. The van der Waals surface area contributed by atoms with Crippen molar-refractivity contribution >= 4 is 17.7 Å². The number of hydrogen-bond donors (Lipinski definition) is 2. The van der Waals surface area contributed by atoms with Gasteiger partial charge in [0, 0.05) is 18.3 Å². The first-order valence-electron chi connectivity index (χ1n) is 10.4. The normalized spacial score (nSPS) is 15.7. The molecule has 1 unspecified atom stereocenters. The highest BCUT2D eigenvalue weighted by Crippen LogP contribution is 2.38. The molecule has 8 heteroatoms. The number of ether oxygens (including phenoxy) is 1. The molecule has 2 aliphatic rings. The van der Waals surface area contributed by atoms with Gasteiger partial charge in [0.05, 0.1) is 18.4 Å². The zero-order valence-electron chi connectivity index (χ0n) is 17.5. The van der Waals surface area contributed by atoms with E-state index in [1.807, 2.05) is 19.0 Å². The first kappa shape index (κ1) is 20.4. The standard InChI is InChI=1S/C22H28N4O4/c1-25(2)11-14-10-23-26(12-14)13-19(21(27)28)30-22(29)24-20-17-7-3-5-15(17)9-16-6-4-8-18(16)20/h9-10,12,19H,3-8,11,13H2,1-2H3,(H,24,29)(H,27,28). The molecule has 1 heterocycles. The molecular formula is C22H28N4O4. The Kier molecular flexibility index (Phi) is 5.76. The molecule has 160 valence electrons. The molecule has 30 heavy (non-hydrogen) atoms. The maximum absolute atomic E-state index is 12.6. The molecule has 2 aliphatic carbocycles. The summed E-state index contributed by atoms with van der Waals surface area (Å²) in [4.78, 5) is 26.3. The van der Waals surface area contributed by atoms with Gasteiger partial charge in [0.15, 0.2) is 0 Å². The number of nitrogens with one attached hydrogen (secondary N) is 1. The van der Waals surface area contributed by atoms with E-state index in [0.29, 0.717) is 6.54 Å². The Morgan fingerprint density at radius 3 is 2.47 bits per heavy atom. The summed E-state index contributed by atoms with van der Waals surface area (Å²) < 4.78 is 6.81. The summed E-state index contributed by atoms with van der Waals surface area (Å²) in [6.07, 6.45) is 7.49. The number of carbonyl (C=O) groups excluding carboxylic acids is 1. The Bertz CT molecular complexity index is 934. The lowest BCUT2D eigenvalue weighted by Gasteiger charge is -2.18. The van der Waals surface area contributed by atoms with Gasteiger partial charge in [-0.25, -0.2) is 9.59 Å². The smallest absolute Gasteiger partial charge is 0.412 e. The number of amides is 1. The van der Waals surface area contributed by atoms with Crippen molar-refractivity contribution in [2.45, 2.75) is 57.7 Å². The second-order valence-corrected chi connectivity index (χ2v) is 8.40. The number of aryl methyl sites for hydroxylation is 2. The number of aliphatic carboxylic acids is 1. The number of aromatic nitrogens is 2. The van der Waals surface area contributed by atoms with Crippen LogP contribution in [0.15, 0.2) is 18.5 Å². The van der Waals surface area contributed by atoms with E-state index >= 15 is 0 Å². The van der Waals surface area contributed by atoms with Crippen LogP contribution < -0.4 is 5.32 Å². The maximum Gasteiger partial charge on any atom is 0.412 e. The highest BCUT2D eigenvalue weighted by Gasteiger charge is 2.28. The molecule has 0 spiro atoms. The molecule has 0 saturated heterocycles. The summed E-state index contributed by atoms with van der Waals surface area (Å²) in [6.45, 7) is 0.657. The summed E-state index contributed by atoms with van der Waals surface area (Å²) in [5.74, 6) is -1.20. The molecule has 1 atom stereocenters. The van der Waals surface area contributed by atoms with Crippen LogP contribution in [0, 0.1) is 0 Å². The fraction of sp³-hybridized carbons (Fsp3) is 0.500. The van der Waals surface area contributed by atoms with Crippen LogP contribution >= 0.6 is 0 Å². The average molecular weight is 412 g/mol. The van der Waals surface area contributed by atoms with Gasteiger partial charge < -0.3 is 14.7 Å². The summed E-state index contributed by atoms with van der Waals surface area (Å²) in [5.41, 5.74) is 6.76. The fourth-order valence-corrected chi connectivity index (χ4v) is 4.52. The van der Waals surface area contributed by atoms with Crippen molar-refractivity contribution in [1.29, 1.82) is 0 Å². The monoisotopic (exact) mass is 412 g/mol. The highest BCUT2D eigenvalue weighted by molar-refractivity contribution is 5.90. The molecule has 0 radical (unpaired) electrons. The van der Waals surface area contributed by atoms with Crippen LogP contribution in [-0.4, -0.2) is 52.0 Å². The molecule has 0 aliphatic heterocycles. The van der Waals surface area contributed by atoms with Crippen LogP contribution in [0.4, 0.5) is 10.5 Å². The molecule has 8 nitrogen and oxygen atoms in total. The fourth-order valence-electron chi connectivity index (χ4n) is 4.52. The number of carbonyl (C=O) groups is 2. The van der Waals surface area contributed by atoms with Gasteiger partial charge in [0.25, 0.3) is 0 Å². The molecule has 0 fully saturated rings. The molecule has 4 rings (SSSR count). The van der Waals surface area contributed by atoms with Crippen LogP contribution in [-0.2, 0) is 48.3 Å². The quantitative estimate of drug-likeness (QED) is 0.726. The molecule has 0 bridgehead atoms. The van der Waals surface area contributed by atoms with Crippen molar-refractivity contribution in [3.05, 3.63) is 46.3 Å². The van der Waals surface area contributed by atoms with E-state index in [4.69, 9.17) is 4.74 Å². The van der Waals surface area contributed by atoms with Gasteiger partial charge in [0.2, 0.25) is 6.10 Å². The third-order valence-corrected chi connectivity index (χ3v) is 5.76. The molecule has 1 amide bonds. The average Bonchev–Trinajstić information content (AvgIpc) is 3.41.